The summed E-state index contributed by atoms with van der Waals surface area (Å²) in [4.78, 5) is 3.60. The molecule has 0 spiro atoms. The van der Waals surface area contributed by atoms with Crippen molar-refractivity contribution >= 4 is 0 Å². The molecule has 0 rings (SSSR count). The number of rotatable bonds is 0. The van der Waals surface area contributed by atoms with E-state index in [1.54, 1.807) is 0 Å². The van der Waals surface area contributed by atoms with Gasteiger partial charge < -0.3 is 0 Å². The lowest BCUT2D eigenvalue weighted by Crippen LogP contribution is -1.53. The summed E-state index contributed by atoms with van der Waals surface area (Å²) in [5.74, 6) is 2.15. The van der Waals surface area contributed by atoms with Crippen molar-refractivity contribution in [3.05, 3.63) is 4.85 Å². The molecule has 0 aliphatic heterocycles. The van der Waals surface area contributed by atoms with Crippen molar-refractivity contribution in [1.82, 2.24) is 0 Å². The van der Waals surface area contributed by atoms with Gasteiger partial charge in [-0.15, -0.1) is 0 Å². The van der Waals surface area contributed by atoms with Gasteiger partial charge in [0.1, 0.15) is 0 Å². The fourth-order valence-electron chi connectivity index (χ4n) is 0.125. The molecule has 0 aliphatic rings. The Hall–Kier alpha value is -0.950. The molecule has 0 saturated heterocycles. The predicted octanol–water partition coefficient (Wildman–Crippen LogP) is 0.972. The first-order valence-corrected chi connectivity index (χ1v) is 1.79. The SMILES string of the molecule is C#CC#[N+]CC. The molecule has 30 valence electrons. The summed E-state index contributed by atoms with van der Waals surface area (Å²) in [6.45, 7) is 2.63. The van der Waals surface area contributed by atoms with Crippen LogP contribution in [0, 0.1) is 18.4 Å². The van der Waals surface area contributed by atoms with E-state index in [1.807, 2.05) is 6.92 Å². The van der Waals surface area contributed by atoms with E-state index in [9.17, 15) is 0 Å². The fourth-order valence-corrected chi connectivity index (χ4v) is 0.125. The summed E-state index contributed by atoms with van der Waals surface area (Å²) in [5, 5.41) is 0. The van der Waals surface area contributed by atoms with E-state index >= 15 is 0 Å². The van der Waals surface area contributed by atoms with Crippen molar-refractivity contribution in [3.8, 4) is 18.4 Å². The summed E-state index contributed by atoms with van der Waals surface area (Å²) in [7, 11) is 0. The Bertz CT molecular complexity index is 108. The molecular weight excluding hydrogens is 74.1 g/mol. The lowest BCUT2D eigenvalue weighted by atomic mass is 10.7. The monoisotopic (exact) mass is 80.0 g/mol. The van der Waals surface area contributed by atoms with E-state index in [1.165, 1.54) is 0 Å². The largest absolute Gasteiger partial charge is 0.365 e. The van der Waals surface area contributed by atoms with Crippen LogP contribution in [0.4, 0.5) is 0 Å². The van der Waals surface area contributed by atoms with Crippen LogP contribution in [-0.2, 0) is 0 Å². The van der Waals surface area contributed by atoms with Gasteiger partial charge in [-0.25, -0.2) is 0 Å². The highest BCUT2D eigenvalue weighted by molar-refractivity contribution is 5.15. The Morgan fingerprint density at radius 1 is 1.83 bits per heavy atom. The normalized spacial score (nSPS) is 4.67. The van der Waals surface area contributed by atoms with E-state index < -0.39 is 0 Å². The van der Waals surface area contributed by atoms with Crippen molar-refractivity contribution in [1.29, 1.82) is 0 Å². The molecule has 1 nitrogen and oxygen atoms in total. The van der Waals surface area contributed by atoms with Crippen LogP contribution in [0.15, 0.2) is 0 Å². The van der Waals surface area contributed by atoms with Gasteiger partial charge in [-0.05, 0) is 0 Å². The van der Waals surface area contributed by atoms with E-state index in [2.05, 4.69) is 16.8 Å². The Kier molecular flexibility index (Phi) is 3.41. The van der Waals surface area contributed by atoms with Gasteiger partial charge in [0, 0.05) is 6.92 Å². The van der Waals surface area contributed by atoms with Gasteiger partial charge >= 0.3 is 6.07 Å². The van der Waals surface area contributed by atoms with Crippen LogP contribution in [0.5, 0.6) is 0 Å². The van der Waals surface area contributed by atoms with Crippen LogP contribution < -0.4 is 0 Å². The zero-order chi connectivity index (χ0) is 4.83. The first-order valence-electron chi connectivity index (χ1n) is 1.79. The number of hydrogen-bond donors (Lipinski definition) is 0. The summed E-state index contributed by atoms with van der Waals surface area (Å²) in [5.41, 5.74) is 0. The molecule has 0 aliphatic carbocycles. The minimum atomic E-state index is 0.726. The second-order valence-corrected chi connectivity index (χ2v) is 0.730. The van der Waals surface area contributed by atoms with Crippen LogP contribution in [0.3, 0.4) is 0 Å². The molecule has 0 bridgehead atoms. The molecule has 0 N–H and O–H groups in total. The van der Waals surface area contributed by atoms with Gasteiger partial charge in [-0.3, -0.25) is 0 Å². The third-order valence-electron chi connectivity index (χ3n) is 0.302. The van der Waals surface area contributed by atoms with Gasteiger partial charge in [-0.2, -0.15) is 0 Å². The lowest BCUT2D eigenvalue weighted by molar-refractivity contribution is 1.35. The van der Waals surface area contributed by atoms with Gasteiger partial charge in [0.15, 0.2) is 0 Å². The quantitative estimate of drug-likeness (QED) is 0.382. The highest BCUT2D eigenvalue weighted by Crippen LogP contribution is 1.59. The third kappa shape index (κ3) is 3.05. The second kappa shape index (κ2) is 4.05. The van der Waals surface area contributed by atoms with Gasteiger partial charge in [-0.1, -0.05) is 11.3 Å². The van der Waals surface area contributed by atoms with E-state index in [0.29, 0.717) is 0 Å². The maximum absolute atomic E-state index is 4.76. The third-order valence-corrected chi connectivity index (χ3v) is 0.302. The molecule has 0 unspecified atom stereocenters. The van der Waals surface area contributed by atoms with Gasteiger partial charge in [0.2, 0.25) is 0 Å². The van der Waals surface area contributed by atoms with E-state index in [0.717, 1.165) is 6.54 Å². The molecule has 0 aromatic heterocycles. The van der Waals surface area contributed by atoms with Crippen molar-refractivity contribution in [2.75, 3.05) is 6.54 Å². The molecule has 6 heavy (non-hydrogen) atoms. The average Bonchev–Trinajstić information content (AvgIpc) is 1.61. The van der Waals surface area contributed by atoms with E-state index in [-0.39, 0.29) is 0 Å². The van der Waals surface area contributed by atoms with Gasteiger partial charge in [0.25, 0.3) is 6.54 Å². The van der Waals surface area contributed by atoms with Crippen LogP contribution >= 0.6 is 0 Å². The summed E-state index contributed by atoms with van der Waals surface area (Å²) in [6.07, 6.45) is 4.76. The molecule has 0 fully saturated rings. The zero-order valence-corrected chi connectivity index (χ0v) is 3.73. The van der Waals surface area contributed by atoms with Crippen LogP contribution in [-0.4, -0.2) is 6.54 Å². The van der Waals surface area contributed by atoms with Crippen molar-refractivity contribution < 1.29 is 0 Å². The number of hydrogen-bond acceptors (Lipinski definition) is 0. The minimum absolute atomic E-state index is 0.726. The van der Waals surface area contributed by atoms with Crippen LogP contribution in [0.1, 0.15) is 6.92 Å². The predicted molar refractivity (Wildman–Crippen MR) is 26.6 cm³/mol. The average molecular weight is 80.1 g/mol. The molecule has 0 saturated carbocycles. The molecule has 0 atom stereocenters. The van der Waals surface area contributed by atoms with Crippen LogP contribution in [0.25, 0.3) is 4.85 Å². The Morgan fingerprint density at radius 2 is 2.50 bits per heavy atom. The minimum Gasteiger partial charge on any atom is -0.0994 e. The molecule has 0 aromatic carbocycles. The smallest absolute Gasteiger partial charge is 0.0994 e. The molecule has 0 radical (unpaired) electrons. The maximum Gasteiger partial charge on any atom is 0.365 e. The van der Waals surface area contributed by atoms with Crippen molar-refractivity contribution in [3.63, 3.8) is 0 Å². The van der Waals surface area contributed by atoms with Gasteiger partial charge in [0.05, 0.1) is 5.92 Å². The molecular formula is C5H6N+. The topological polar surface area (TPSA) is 4.36 Å². The standard InChI is InChI=1S/C5H6N/c1-3-5-6-4-2/h1H,4H2,2H3/q+1. The van der Waals surface area contributed by atoms with E-state index in [4.69, 9.17) is 6.42 Å². The first-order chi connectivity index (χ1) is 2.91. The fraction of sp³-hybridized carbons (Fsp3) is 0.400. The maximum atomic E-state index is 4.76. The number of terminal acetylenes is 1. The highest BCUT2D eigenvalue weighted by atomic mass is 14.6. The first kappa shape index (κ1) is 5.05. The molecule has 0 aromatic rings. The molecule has 0 heterocycles. The Balaban J connectivity index is 3.22. The second-order valence-electron chi connectivity index (χ2n) is 0.730. The summed E-state index contributed by atoms with van der Waals surface area (Å²) in [6, 6.07) is 2.35. The van der Waals surface area contributed by atoms with Crippen molar-refractivity contribution in [2.45, 2.75) is 6.92 Å². The van der Waals surface area contributed by atoms with Crippen molar-refractivity contribution in [2.24, 2.45) is 0 Å². The molecule has 0 amide bonds. The Labute approximate surface area is 37.8 Å². The summed E-state index contributed by atoms with van der Waals surface area (Å²) >= 11 is 0. The highest BCUT2D eigenvalue weighted by Gasteiger charge is 1.69. The van der Waals surface area contributed by atoms with Crippen LogP contribution in [0.2, 0.25) is 0 Å². The molecule has 1 heteroatoms. The summed E-state index contributed by atoms with van der Waals surface area (Å²) < 4.78 is 0. The Morgan fingerprint density at radius 3 is 2.67 bits per heavy atom. The zero-order valence-electron chi connectivity index (χ0n) is 3.73. The lowest BCUT2D eigenvalue weighted by Gasteiger charge is -1.42. The number of nitrogens with zero attached hydrogens (tertiary/aromatic N) is 1.